The van der Waals surface area contributed by atoms with Crippen molar-refractivity contribution in [2.24, 2.45) is 0 Å². The highest BCUT2D eigenvalue weighted by molar-refractivity contribution is 6.31. The molecule has 0 aliphatic rings. The van der Waals surface area contributed by atoms with Crippen molar-refractivity contribution in [1.82, 2.24) is 0 Å². The van der Waals surface area contributed by atoms with Gasteiger partial charge in [0, 0.05) is 5.02 Å². The van der Waals surface area contributed by atoms with Crippen molar-refractivity contribution in [1.29, 1.82) is 0 Å². The zero-order valence-corrected chi connectivity index (χ0v) is 14.0. The van der Waals surface area contributed by atoms with Gasteiger partial charge in [0.1, 0.15) is 11.5 Å². The van der Waals surface area contributed by atoms with Crippen LogP contribution in [0.3, 0.4) is 0 Å². The maximum atomic E-state index is 12.0. The molecule has 1 N–H and O–H groups in total. The molecule has 0 atom stereocenters. The first-order chi connectivity index (χ1) is 11.1. The minimum atomic E-state index is -0.157. The Hall–Kier alpha value is -2.20. The van der Waals surface area contributed by atoms with E-state index >= 15 is 0 Å². The average molecular weight is 334 g/mol. The lowest BCUT2D eigenvalue weighted by molar-refractivity contribution is -0.116. The number of anilines is 1. The molecular formula is C18H20ClNO3. The molecule has 122 valence electrons. The molecule has 0 aliphatic carbocycles. The van der Waals surface area contributed by atoms with Crippen LogP contribution in [0.5, 0.6) is 11.5 Å². The second-order valence-corrected chi connectivity index (χ2v) is 5.43. The van der Waals surface area contributed by atoms with E-state index in [0.717, 1.165) is 12.2 Å². The molecule has 0 fully saturated rings. The zero-order chi connectivity index (χ0) is 16.7. The third-order valence-corrected chi connectivity index (χ3v) is 3.60. The van der Waals surface area contributed by atoms with Crippen LogP contribution in [0.15, 0.2) is 42.5 Å². The van der Waals surface area contributed by atoms with E-state index in [9.17, 15) is 4.79 Å². The normalized spacial score (nSPS) is 10.2. The fourth-order valence-corrected chi connectivity index (χ4v) is 2.25. The van der Waals surface area contributed by atoms with E-state index in [1.54, 1.807) is 25.3 Å². The SMILES string of the molecule is CCc1ccc(OCCC(=O)Nc2cc(Cl)ccc2OC)cc1. The van der Waals surface area contributed by atoms with E-state index < -0.39 is 0 Å². The van der Waals surface area contributed by atoms with Gasteiger partial charge in [-0.1, -0.05) is 30.7 Å². The van der Waals surface area contributed by atoms with Gasteiger partial charge in [-0.15, -0.1) is 0 Å². The first-order valence-corrected chi connectivity index (χ1v) is 7.85. The van der Waals surface area contributed by atoms with Crippen LogP contribution in [0.4, 0.5) is 5.69 Å². The third-order valence-electron chi connectivity index (χ3n) is 3.37. The number of carbonyl (C=O) groups is 1. The molecule has 2 aromatic rings. The van der Waals surface area contributed by atoms with E-state index in [0.29, 0.717) is 23.1 Å². The highest BCUT2D eigenvalue weighted by Crippen LogP contribution is 2.27. The Balaban J connectivity index is 1.84. The van der Waals surface area contributed by atoms with Gasteiger partial charge in [0.15, 0.2) is 0 Å². The van der Waals surface area contributed by atoms with Crippen LogP contribution < -0.4 is 14.8 Å². The van der Waals surface area contributed by atoms with Crippen molar-refractivity contribution in [3.8, 4) is 11.5 Å². The summed E-state index contributed by atoms with van der Waals surface area (Å²) in [6.07, 6.45) is 1.23. The number of hydrogen-bond acceptors (Lipinski definition) is 3. The predicted molar refractivity (Wildman–Crippen MR) is 92.6 cm³/mol. The number of amides is 1. The fourth-order valence-electron chi connectivity index (χ4n) is 2.07. The summed E-state index contributed by atoms with van der Waals surface area (Å²) < 4.78 is 10.8. The molecule has 0 spiro atoms. The molecular weight excluding hydrogens is 314 g/mol. The second-order valence-electron chi connectivity index (χ2n) is 4.99. The fraction of sp³-hybridized carbons (Fsp3) is 0.278. The summed E-state index contributed by atoms with van der Waals surface area (Å²) in [5.74, 6) is 1.17. The van der Waals surface area contributed by atoms with Crippen molar-refractivity contribution in [3.63, 3.8) is 0 Å². The molecule has 0 aromatic heterocycles. The molecule has 5 heteroatoms. The number of benzene rings is 2. The number of hydrogen-bond donors (Lipinski definition) is 1. The number of rotatable bonds is 7. The van der Waals surface area contributed by atoms with Gasteiger partial charge in [-0.2, -0.15) is 0 Å². The van der Waals surface area contributed by atoms with E-state index in [1.165, 1.54) is 5.56 Å². The van der Waals surface area contributed by atoms with Crippen molar-refractivity contribution in [3.05, 3.63) is 53.1 Å². The van der Waals surface area contributed by atoms with Gasteiger partial charge in [-0.25, -0.2) is 0 Å². The van der Waals surface area contributed by atoms with Gasteiger partial charge in [0.2, 0.25) is 5.91 Å². The molecule has 2 rings (SSSR count). The lowest BCUT2D eigenvalue weighted by Crippen LogP contribution is -2.15. The lowest BCUT2D eigenvalue weighted by Gasteiger charge is -2.11. The summed E-state index contributed by atoms with van der Waals surface area (Å²) >= 11 is 5.93. The number of aryl methyl sites for hydroxylation is 1. The van der Waals surface area contributed by atoms with Crippen LogP contribution in [0, 0.1) is 0 Å². The summed E-state index contributed by atoms with van der Waals surface area (Å²) in [6, 6.07) is 12.9. The smallest absolute Gasteiger partial charge is 0.227 e. The van der Waals surface area contributed by atoms with Gasteiger partial charge < -0.3 is 14.8 Å². The Kier molecular flexibility index (Phi) is 6.29. The molecule has 23 heavy (non-hydrogen) atoms. The van der Waals surface area contributed by atoms with Gasteiger partial charge >= 0.3 is 0 Å². The average Bonchev–Trinajstić information content (AvgIpc) is 2.56. The molecule has 0 unspecified atom stereocenters. The van der Waals surface area contributed by atoms with Crippen LogP contribution in [0.25, 0.3) is 0 Å². The Bertz CT molecular complexity index is 656. The highest BCUT2D eigenvalue weighted by Gasteiger charge is 2.08. The second kappa shape index (κ2) is 8.44. The van der Waals surface area contributed by atoms with Gasteiger partial charge in [0.25, 0.3) is 0 Å². The van der Waals surface area contributed by atoms with E-state index in [-0.39, 0.29) is 12.3 Å². The minimum Gasteiger partial charge on any atom is -0.495 e. The van der Waals surface area contributed by atoms with Crippen LogP contribution >= 0.6 is 11.6 Å². The number of halogens is 1. The third kappa shape index (κ3) is 5.18. The largest absolute Gasteiger partial charge is 0.495 e. The van der Waals surface area contributed by atoms with Crippen LogP contribution in [-0.4, -0.2) is 19.6 Å². The topological polar surface area (TPSA) is 47.6 Å². The van der Waals surface area contributed by atoms with E-state index in [4.69, 9.17) is 21.1 Å². The van der Waals surface area contributed by atoms with Crippen molar-refractivity contribution in [2.45, 2.75) is 19.8 Å². The lowest BCUT2D eigenvalue weighted by atomic mass is 10.2. The monoisotopic (exact) mass is 333 g/mol. The highest BCUT2D eigenvalue weighted by atomic mass is 35.5. The Labute approximate surface area is 141 Å². The number of carbonyl (C=O) groups excluding carboxylic acids is 1. The molecule has 0 aliphatic heterocycles. The summed E-state index contributed by atoms with van der Waals surface area (Å²) in [7, 11) is 1.54. The molecule has 0 saturated heterocycles. The van der Waals surface area contributed by atoms with Gasteiger partial charge in [-0.3, -0.25) is 4.79 Å². The summed E-state index contributed by atoms with van der Waals surface area (Å²) in [4.78, 5) is 12.0. The zero-order valence-electron chi connectivity index (χ0n) is 13.3. The Morgan fingerprint density at radius 2 is 1.91 bits per heavy atom. The van der Waals surface area contributed by atoms with Gasteiger partial charge in [0.05, 0.1) is 25.8 Å². The molecule has 0 saturated carbocycles. The molecule has 0 radical (unpaired) electrons. The van der Waals surface area contributed by atoms with Crippen LogP contribution in [0.2, 0.25) is 5.02 Å². The van der Waals surface area contributed by atoms with E-state index in [1.807, 2.05) is 24.3 Å². The number of methoxy groups -OCH3 is 1. The van der Waals surface area contributed by atoms with Crippen molar-refractivity contribution < 1.29 is 14.3 Å². The maximum absolute atomic E-state index is 12.0. The standard InChI is InChI=1S/C18H20ClNO3/c1-3-13-4-7-15(8-5-13)23-11-10-18(21)20-16-12-14(19)6-9-17(16)22-2/h4-9,12H,3,10-11H2,1-2H3,(H,20,21). The molecule has 0 bridgehead atoms. The Morgan fingerprint density at radius 3 is 2.57 bits per heavy atom. The predicted octanol–water partition coefficient (Wildman–Crippen LogP) is 4.32. The van der Waals surface area contributed by atoms with Gasteiger partial charge in [-0.05, 0) is 42.3 Å². The van der Waals surface area contributed by atoms with Crippen molar-refractivity contribution >= 4 is 23.2 Å². The summed E-state index contributed by atoms with van der Waals surface area (Å²) in [6.45, 7) is 2.41. The van der Waals surface area contributed by atoms with Crippen molar-refractivity contribution in [2.75, 3.05) is 19.0 Å². The molecule has 0 heterocycles. The molecule has 4 nitrogen and oxygen atoms in total. The first kappa shape index (κ1) is 17.2. The van der Waals surface area contributed by atoms with E-state index in [2.05, 4.69) is 12.2 Å². The number of nitrogens with one attached hydrogen (secondary N) is 1. The first-order valence-electron chi connectivity index (χ1n) is 7.47. The molecule has 2 aromatic carbocycles. The minimum absolute atomic E-state index is 0.157. The Morgan fingerprint density at radius 1 is 1.17 bits per heavy atom. The van der Waals surface area contributed by atoms with Crippen LogP contribution in [-0.2, 0) is 11.2 Å². The summed E-state index contributed by atoms with van der Waals surface area (Å²) in [5, 5.41) is 3.31. The maximum Gasteiger partial charge on any atom is 0.227 e. The van der Waals surface area contributed by atoms with Crippen LogP contribution in [0.1, 0.15) is 18.9 Å². The number of ether oxygens (including phenoxy) is 2. The quantitative estimate of drug-likeness (QED) is 0.821. The molecule has 1 amide bonds. The summed E-state index contributed by atoms with van der Waals surface area (Å²) in [5.41, 5.74) is 1.81.